The molecule has 1 unspecified atom stereocenters. The molecule has 4 heterocycles. The summed E-state index contributed by atoms with van der Waals surface area (Å²) in [4.78, 5) is 39.8. The lowest BCUT2D eigenvalue weighted by atomic mass is 9.96. The molecule has 9 heteroatoms. The number of imidazole rings is 1. The topological polar surface area (TPSA) is 118 Å². The van der Waals surface area contributed by atoms with Crippen molar-refractivity contribution in [3.63, 3.8) is 0 Å². The minimum atomic E-state index is -0.932. The van der Waals surface area contributed by atoms with Gasteiger partial charge in [0.2, 0.25) is 5.95 Å². The minimum Gasteiger partial charge on any atom is -0.507 e. The molecule has 9 nitrogen and oxygen atoms in total. The van der Waals surface area contributed by atoms with E-state index in [0.29, 0.717) is 41.4 Å². The van der Waals surface area contributed by atoms with Crippen molar-refractivity contribution in [2.24, 2.45) is 0 Å². The second-order valence-corrected chi connectivity index (χ2v) is 8.39. The van der Waals surface area contributed by atoms with E-state index >= 15 is 0 Å². The lowest BCUT2D eigenvalue weighted by molar-refractivity contribution is -0.132. The Morgan fingerprint density at radius 2 is 1.91 bits per heavy atom. The number of hydrogen-bond donors (Lipinski definition) is 2. The van der Waals surface area contributed by atoms with Gasteiger partial charge in [-0.3, -0.25) is 19.5 Å². The Balaban J connectivity index is 1.53. The molecule has 1 amide bonds. The Morgan fingerprint density at radius 1 is 1.09 bits per heavy atom. The van der Waals surface area contributed by atoms with Crippen LogP contribution >= 0.6 is 0 Å². The number of ether oxygens (including phenoxy) is 2. The number of aliphatic hydroxyl groups is 1. The molecule has 2 aliphatic heterocycles. The molecule has 6 rings (SSSR count). The first-order chi connectivity index (χ1) is 17.0. The average Bonchev–Trinajstić information content (AvgIpc) is 3.41. The lowest BCUT2D eigenvalue weighted by Gasteiger charge is -2.23. The van der Waals surface area contributed by atoms with E-state index in [9.17, 15) is 14.7 Å². The first-order valence-corrected chi connectivity index (χ1v) is 11.1. The fourth-order valence-corrected chi connectivity index (χ4v) is 4.47. The van der Waals surface area contributed by atoms with Crippen LogP contribution in [0.3, 0.4) is 0 Å². The molecule has 0 radical (unpaired) electrons. The summed E-state index contributed by atoms with van der Waals surface area (Å²) in [6.07, 6.45) is 3.16. The lowest BCUT2D eigenvalue weighted by Crippen LogP contribution is -2.30. The fraction of sp³-hybridized carbons (Fsp3) is 0.154. The highest BCUT2D eigenvalue weighted by atomic mass is 16.6. The number of aliphatic hydroxyl groups excluding tert-OH is 1. The molecule has 0 bridgehead atoms. The number of carbonyl (C=O) groups is 2. The number of pyridine rings is 1. The van der Waals surface area contributed by atoms with Gasteiger partial charge in [-0.15, -0.1) is 0 Å². The predicted molar refractivity (Wildman–Crippen MR) is 127 cm³/mol. The van der Waals surface area contributed by atoms with Crippen molar-refractivity contribution >= 4 is 34.4 Å². The van der Waals surface area contributed by atoms with E-state index in [1.165, 1.54) is 4.90 Å². The van der Waals surface area contributed by atoms with E-state index < -0.39 is 17.7 Å². The first kappa shape index (κ1) is 20.9. The predicted octanol–water partition coefficient (Wildman–Crippen LogP) is 3.66. The number of aromatic amines is 1. The number of aryl methyl sites for hydroxylation is 1. The van der Waals surface area contributed by atoms with Crippen LogP contribution in [0.5, 0.6) is 11.5 Å². The third-order valence-corrected chi connectivity index (χ3v) is 6.11. The van der Waals surface area contributed by atoms with Crippen LogP contribution in [-0.4, -0.2) is 45.0 Å². The maximum atomic E-state index is 13.3. The summed E-state index contributed by atoms with van der Waals surface area (Å²) >= 11 is 0. The number of nitrogens with one attached hydrogen (secondary N) is 1. The second kappa shape index (κ2) is 7.98. The van der Waals surface area contributed by atoms with Gasteiger partial charge in [0.05, 0.1) is 22.6 Å². The van der Waals surface area contributed by atoms with E-state index in [-0.39, 0.29) is 17.3 Å². The van der Waals surface area contributed by atoms with Gasteiger partial charge in [-0.05, 0) is 54.4 Å². The van der Waals surface area contributed by atoms with E-state index in [0.717, 1.165) is 11.1 Å². The number of fused-ring (bicyclic) bond motifs is 2. The van der Waals surface area contributed by atoms with Gasteiger partial charge in [0.15, 0.2) is 11.5 Å². The summed E-state index contributed by atoms with van der Waals surface area (Å²) in [6, 6.07) is 13.1. The number of amides is 1. The molecule has 35 heavy (non-hydrogen) atoms. The summed E-state index contributed by atoms with van der Waals surface area (Å²) in [6.45, 7) is 2.76. The molecule has 174 valence electrons. The van der Waals surface area contributed by atoms with Crippen LogP contribution in [0.2, 0.25) is 0 Å². The highest BCUT2D eigenvalue weighted by molar-refractivity contribution is 6.51. The van der Waals surface area contributed by atoms with Crippen LogP contribution in [0.15, 0.2) is 66.5 Å². The zero-order valence-electron chi connectivity index (χ0n) is 18.7. The molecule has 1 fully saturated rings. The zero-order chi connectivity index (χ0) is 24.1. The summed E-state index contributed by atoms with van der Waals surface area (Å²) in [7, 11) is 0. The molecule has 1 saturated heterocycles. The number of aromatic nitrogens is 3. The molecule has 1 atom stereocenters. The molecule has 0 spiro atoms. The van der Waals surface area contributed by atoms with Crippen LogP contribution in [0.25, 0.3) is 16.8 Å². The molecule has 2 aromatic carbocycles. The molecule has 2 aromatic heterocycles. The van der Waals surface area contributed by atoms with Gasteiger partial charge >= 0.3 is 5.91 Å². The van der Waals surface area contributed by atoms with Crippen molar-refractivity contribution in [3.8, 4) is 11.5 Å². The van der Waals surface area contributed by atoms with Crippen LogP contribution in [0, 0.1) is 6.92 Å². The quantitative estimate of drug-likeness (QED) is 0.268. The summed E-state index contributed by atoms with van der Waals surface area (Å²) in [5.41, 5.74) is 3.25. The molecular weight excluding hydrogens is 448 g/mol. The number of nitrogens with zero attached hydrogens (tertiary/aromatic N) is 3. The zero-order valence-corrected chi connectivity index (χ0v) is 18.7. The highest BCUT2D eigenvalue weighted by Crippen LogP contribution is 2.42. The van der Waals surface area contributed by atoms with Crippen molar-refractivity contribution in [1.82, 2.24) is 15.0 Å². The Labute approximate surface area is 199 Å². The van der Waals surface area contributed by atoms with Gasteiger partial charge in [-0.1, -0.05) is 12.1 Å². The Morgan fingerprint density at radius 3 is 2.71 bits per heavy atom. The normalized spacial score (nSPS) is 18.9. The van der Waals surface area contributed by atoms with E-state index in [2.05, 4.69) is 15.0 Å². The first-order valence-electron chi connectivity index (χ1n) is 11.1. The number of hydrogen-bond acceptors (Lipinski definition) is 7. The molecule has 0 aliphatic carbocycles. The third-order valence-electron chi connectivity index (χ3n) is 6.11. The van der Waals surface area contributed by atoms with Crippen LogP contribution in [0.4, 0.5) is 5.95 Å². The SMILES string of the molecule is Cc1ccc2nc(N3C(=O)C(=O)/C(=C(/O)c4ccc5c(c4)OCCO5)C3c3cccnc3)[nH]c2c1. The Kier molecular flexibility index (Phi) is 4.77. The smallest absolute Gasteiger partial charge is 0.302 e. The van der Waals surface area contributed by atoms with Gasteiger partial charge in [0.1, 0.15) is 19.0 Å². The molecular formula is C26H20N4O5. The van der Waals surface area contributed by atoms with Crippen molar-refractivity contribution < 1.29 is 24.2 Å². The molecule has 0 saturated carbocycles. The largest absolute Gasteiger partial charge is 0.507 e. The molecule has 2 N–H and O–H groups in total. The van der Waals surface area contributed by atoms with Gasteiger partial charge < -0.3 is 19.6 Å². The Hall–Kier alpha value is -4.66. The van der Waals surface area contributed by atoms with E-state index in [4.69, 9.17) is 9.47 Å². The number of Topliss-reactive ketones (excluding diaryl/α,β-unsaturated/α-hetero) is 1. The number of H-pyrrole nitrogens is 1. The van der Waals surface area contributed by atoms with Gasteiger partial charge in [-0.25, -0.2) is 4.98 Å². The highest BCUT2D eigenvalue weighted by Gasteiger charge is 2.48. The Bertz CT molecular complexity index is 1530. The number of ketones is 1. The van der Waals surface area contributed by atoms with Crippen LogP contribution in [0.1, 0.15) is 22.7 Å². The summed E-state index contributed by atoms with van der Waals surface area (Å²) in [5, 5.41) is 11.3. The number of carbonyl (C=O) groups excluding carboxylic acids is 2. The monoisotopic (exact) mass is 468 g/mol. The second-order valence-electron chi connectivity index (χ2n) is 8.39. The maximum Gasteiger partial charge on any atom is 0.302 e. The van der Waals surface area contributed by atoms with Gasteiger partial charge in [-0.2, -0.15) is 0 Å². The van der Waals surface area contributed by atoms with Crippen molar-refractivity contribution in [2.45, 2.75) is 13.0 Å². The third kappa shape index (κ3) is 3.40. The van der Waals surface area contributed by atoms with E-state index in [1.807, 2.05) is 25.1 Å². The van der Waals surface area contributed by atoms with Gasteiger partial charge in [0.25, 0.3) is 5.78 Å². The summed E-state index contributed by atoms with van der Waals surface area (Å²) < 4.78 is 11.2. The van der Waals surface area contributed by atoms with Crippen molar-refractivity contribution in [3.05, 3.63) is 83.2 Å². The average molecular weight is 468 g/mol. The van der Waals surface area contributed by atoms with Crippen molar-refractivity contribution in [1.29, 1.82) is 0 Å². The number of rotatable bonds is 3. The van der Waals surface area contributed by atoms with Gasteiger partial charge in [0, 0.05) is 18.0 Å². The molecule has 4 aromatic rings. The van der Waals surface area contributed by atoms with Crippen LogP contribution < -0.4 is 14.4 Å². The fourth-order valence-electron chi connectivity index (χ4n) is 4.47. The number of anilines is 1. The van der Waals surface area contributed by atoms with E-state index in [1.54, 1.807) is 42.7 Å². The standard InChI is InChI=1S/C26H20N4O5/c1-14-4-6-17-18(11-14)29-26(28-17)30-22(16-3-2-8-27-13-16)21(24(32)25(30)33)23(31)15-5-7-19-20(12-15)35-10-9-34-19/h2-8,11-13,22,31H,9-10H2,1H3,(H,28,29)/b23-21+. The van der Waals surface area contributed by atoms with Crippen molar-refractivity contribution in [2.75, 3.05) is 18.1 Å². The molecule has 2 aliphatic rings. The summed E-state index contributed by atoms with van der Waals surface area (Å²) in [5.74, 6) is -0.710. The maximum absolute atomic E-state index is 13.3. The van der Waals surface area contributed by atoms with Crippen LogP contribution in [-0.2, 0) is 9.59 Å². The number of benzene rings is 2. The minimum absolute atomic E-state index is 0.0590.